The van der Waals surface area contributed by atoms with Gasteiger partial charge in [-0.05, 0) is 48.9 Å². The van der Waals surface area contributed by atoms with Gasteiger partial charge in [0.25, 0.3) is 0 Å². The van der Waals surface area contributed by atoms with Crippen molar-refractivity contribution in [1.29, 1.82) is 0 Å². The lowest BCUT2D eigenvalue weighted by Crippen LogP contribution is -2.33. The van der Waals surface area contributed by atoms with Gasteiger partial charge in [-0.3, -0.25) is 0 Å². The molecule has 0 heterocycles. The fourth-order valence-electron chi connectivity index (χ4n) is 2.08. The van der Waals surface area contributed by atoms with Crippen molar-refractivity contribution >= 4 is 21.7 Å². The summed E-state index contributed by atoms with van der Waals surface area (Å²) in [5.74, 6) is -0.340. The molecule has 6 nitrogen and oxygen atoms in total. The van der Waals surface area contributed by atoms with E-state index in [1.165, 1.54) is 41.3 Å². The first kappa shape index (κ1) is 17.9. The van der Waals surface area contributed by atoms with Crippen LogP contribution in [0.2, 0.25) is 0 Å². The number of benzene rings is 2. The molecule has 0 fully saturated rings. The molecule has 0 radical (unpaired) electrons. The molecule has 2 rings (SSSR count). The summed E-state index contributed by atoms with van der Waals surface area (Å²) in [7, 11) is -2.16. The van der Waals surface area contributed by atoms with Crippen molar-refractivity contribution in [2.45, 2.75) is 17.9 Å². The van der Waals surface area contributed by atoms with Crippen LogP contribution >= 0.6 is 0 Å². The van der Waals surface area contributed by atoms with Gasteiger partial charge in [0.1, 0.15) is 5.82 Å². The number of nitrogens with one attached hydrogen (secondary N) is 1. The van der Waals surface area contributed by atoms with Gasteiger partial charge in [0.2, 0.25) is 10.0 Å². The summed E-state index contributed by atoms with van der Waals surface area (Å²) in [6, 6.07) is 10.8. The first-order chi connectivity index (χ1) is 11.2. The molecule has 2 aromatic carbocycles. The monoisotopic (exact) mass is 351 g/mol. The average Bonchev–Trinajstić information content (AvgIpc) is 2.54. The lowest BCUT2D eigenvalue weighted by atomic mass is 10.1. The van der Waals surface area contributed by atoms with Gasteiger partial charge in [-0.1, -0.05) is 12.1 Å². The molecule has 0 aliphatic heterocycles. The van der Waals surface area contributed by atoms with Crippen LogP contribution in [-0.4, -0.2) is 26.4 Å². The Morgan fingerprint density at radius 1 is 1.12 bits per heavy atom. The summed E-state index contributed by atoms with van der Waals surface area (Å²) >= 11 is 0. The minimum Gasteiger partial charge on any atom is -0.321 e. The zero-order chi connectivity index (χ0) is 17.9. The topological polar surface area (TPSA) is 92.5 Å². The predicted molar refractivity (Wildman–Crippen MR) is 89.4 cm³/mol. The van der Waals surface area contributed by atoms with E-state index in [2.05, 4.69) is 5.32 Å². The van der Waals surface area contributed by atoms with Crippen LogP contribution in [0.4, 0.5) is 14.9 Å². The van der Waals surface area contributed by atoms with Crippen LogP contribution in [0.5, 0.6) is 0 Å². The van der Waals surface area contributed by atoms with E-state index in [0.29, 0.717) is 5.69 Å². The molecule has 8 heteroatoms. The molecule has 0 saturated heterocycles. The SMILES string of the molecule is C[C@H](c1ccc(F)cc1)N(C)C(=O)Nc1ccc(S(N)(=O)=O)cc1. The van der Waals surface area contributed by atoms with E-state index in [4.69, 9.17) is 5.14 Å². The van der Waals surface area contributed by atoms with Crippen LogP contribution in [0.3, 0.4) is 0 Å². The van der Waals surface area contributed by atoms with E-state index < -0.39 is 10.0 Å². The predicted octanol–water partition coefficient (Wildman–Crippen LogP) is 2.70. The van der Waals surface area contributed by atoms with Gasteiger partial charge < -0.3 is 10.2 Å². The molecule has 0 aliphatic carbocycles. The molecule has 0 unspecified atom stereocenters. The van der Waals surface area contributed by atoms with Gasteiger partial charge in [0.15, 0.2) is 0 Å². The smallest absolute Gasteiger partial charge is 0.321 e. The van der Waals surface area contributed by atoms with Gasteiger partial charge in [-0.15, -0.1) is 0 Å². The molecule has 24 heavy (non-hydrogen) atoms. The summed E-state index contributed by atoms with van der Waals surface area (Å²) in [5.41, 5.74) is 1.23. The minimum atomic E-state index is -3.77. The summed E-state index contributed by atoms with van der Waals surface area (Å²) in [5, 5.41) is 7.68. The number of sulfonamides is 1. The number of carbonyl (C=O) groups is 1. The Kier molecular flexibility index (Phi) is 5.20. The third-order valence-corrected chi connectivity index (χ3v) is 4.62. The molecule has 1 atom stereocenters. The maximum Gasteiger partial charge on any atom is 0.322 e. The maximum absolute atomic E-state index is 13.0. The molecule has 0 aromatic heterocycles. The highest BCUT2D eigenvalue weighted by molar-refractivity contribution is 7.89. The normalized spacial score (nSPS) is 12.5. The maximum atomic E-state index is 13.0. The van der Waals surface area contributed by atoms with E-state index in [-0.39, 0.29) is 22.8 Å². The van der Waals surface area contributed by atoms with E-state index in [9.17, 15) is 17.6 Å². The third-order valence-electron chi connectivity index (χ3n) is 3.69. The quantitative estimate of drug-likeness (QED) is 0.887. The van der Waals surface area contributed by atoms with Crippen LogP contribution < -0.4 is 10.5 Å². The molecule has 2 amide bonds. The molecule has 2 aromatic rings. The lowest BCUT2D eigenvalue weighted by Gasteiger charge is -2.25. The fourth-order valence-corrected chi connectivity index (χ4v) is 2.60. The summed E-state index contributed by atoms with van der Waals surface area (Å²) in [6.45, 7) is 1.82. The first-order valence-electron chi connectivity index (χ1n) is 7.10. The van der Waals surface area contributed by atoms with Crippen LogP contribution in [-0.2, 0) is 10.0 Å². The van der Waals surface area contributed by atoms with Crippen LogP contribution in [0, 0.1) is 5.82 Å². The minimum absolute atomic E-state index is 0.0338. The Bertz CT molecular complexity index is 821. The number of amides is 2. The number of anilines is 1. The summed E-state index contributed by atoms with van der Waals surface area (Å²) in [6.07, 6.45) is 0. The second kappa shape index (κ2) is 6.98. The van der Waals surface area contributed by atoms with E-state index >= 15 is 0 Å². The zero-order valence-electron chi connectivity index (χ0n) is 13.2. The Morgan fingerprint density at radius 2 is 1.67 bits per heavy atom. The second-order valence-electron chi connectivity index (χ2n) is 5.34. The Labute approximate surface area is 140 Å². The van der Waals surface area contributed by atoms with Crippen molar-refractivity contribution < 1.29 is 17.6 Å². The van der Waals surface area contributed by atoms with Crippen LogP contribution in [0.15, 0.2) is 53.4 Å². The van der Waals surface area contributed by atoms with E-state index in [0.717, 1.165) is 5.56 Å². The van der Waals surface area contributed by atoms with Gasteiger partial charge >= 0.3 is 6.03 Å². The van der Waals surface area contributed by atoms with Crippen molar-refractivity contribution in [3.8, 4) is 0 Å². The molecule has 128 valence electrons. The van der Waals surface area contributed by atoms with Crippen molar-refractivity contribution in [3.05, 3.63) is 59.9 Å². The Balaban J connectivity index is 2.07. The van der Waals surface area contributed by atoms with Crippen molar-refractivity contribution in [1.82, 2.24) is 4.90 Å². The Morgan fingerprint density at radius 3 is 2.17 bits per heavy atom. The highest BCUT2D eigenvalue weighted by Gasteiger charge is 2.17. The van der Waals surface area contributed by atoms with Crippen LogP contribution in [0.25, 0.3) is 0 Å². The number of rotatable bonds is 4. The number of nitrogens with zero attached hydrogens (tertiary/aromatic N) is 1. The van der Waals surface area contributed by atoms with Crippen molar-refractivity contribution in [2.75, 3.05) is 12.4 Å². The number of primary sulfonamides is 1. The molecule has 0 aliphatic rings. The van der Waals surface area contributed by atoms with Crippen molar-refractivity contribution in [2.24, 2.45) is 5.14 Å². The zero-order valence-corrected chi connectivity index (χ0v) is 14.0. The number of hydrogen-bond acceptors (Lipinski definition) is 3. The lowest BCUT2D eigenvalue weighted by molar-refractivity contribution is 0.208. The van der Waals surface area contributed by atoms with Gasteiger partial charge in [0.05, 0.1) is 10.9 Å². The van der Waals surface area contributed by atoms with Crippen LogP contribution in [0.1, 0.15) is 18.5 Å². The largest absolute Gasteiger partial charge is 0.322 e. The molecule has 3 N–H and O–H groups in total. The highest BCUT2D eigenvalue weighted by atomic mass is 32.2. The van der Waals surface area contributed by atoms with E-state index in [1.54, 1.807) is 19.2 Å². The van der Waals surface area contributed by atoms with Gasteiger partial charge in [-0.25, -0.2) is 22.7 Å². The fraction of sp³-hybridized carbons (Fsp3) is 0.188. The standard InChI is InChI=1S/C16H18FN3O3S/c1-11(12-3-5-13(17)6-4-12)20(2)16(21)19-14-7-9-15(10-8-14)24(18,22)23/h3-11H,1-2H3,(H,19,21)(H2,18,22,23)/t11-/m1/s1. The average molecular weight is 351 g/mol. The second-order valence-corrected chi connectivity index (χ2v) is 6.90. The van der Waals surface area contributed by atoms with Gasteiger partial charge in [-0.2, -0.15) is 0 Å². The number of halogens is 1. The summed E-state index contributed by atoms with van der Waals surface area (Å²) < 4.78 is 35.4. The molecular weight excluding hydrogens is 333 g/mol. The first-order valence-corrected chi connectivity index (χ1v) is 8.65. The highest BCUT2D eigenvalue weighted by Crippen LogP contribution is 2.20. The molecular formula is C16H18FN3O3S. The van der Waals surface area contributed by atoms with Crippen molar-refractivity contribution in [3.63, 3.8) is 0 Å². The summed E-state index contributed by atoms with van der Waals surface area (Å²) in [4.78, 5) is 13.7. The number of nitrogens with two attached hydrogens (primary N) is 1. The molecule has 0 saturated carbocycles. The number of urea groups is 1. The number of hydrogen-bond donors (Lipinski definition) is 2. The third kappa shape index (κ3) is 4.30. The molecule has 0 spiro atoms. The Hall–Kier alpha value is -2.45. The molecule has 0 bridgehead atoms. The van der Waals surface area contributed by atoms with E-state index in [1.807, 2.05) is 6.92 Å². The number of carbonyl (C=O) groups excluding carboxylic acids is 1. The van der Waals surface area contributed by atoms with Gasteiger partial charge in [0, 0.05) is 12.7 Å².